The second kappa shape index (κ2) is 6.56. The van der Waals surface area contributed by atoms with Gasteiger partial charge in [-0.25, -0.2) is 0 Å². The highest BCUT2D eigenvalue weighted by Crippen LogP contribution is 2.46. The molecule has 0 amide bonds. The van der Waals surface area contributed by atoms with Gasteiger partial charge in [-0.05, 0) is 31.1 Å². The molecule has 0 saturated heterocycles. The molecule has 0 bridgehead atoms. The van der Waals surface area contributed by atoms with Crippen LogP contribution in [0.2, 0.25) is 0 Å². The van der Waals surface area contributed by atoms with Crippen LogP contribution >= 0.6 is 0 Å². The molecule has 3 rings (SSSR count). The largest absolute Gasteiger partial charge is 0.366 e. The standard InChI is InChI=1S/C17H16O.C2H6/c1-12(2)18-17-15-10-5-3-4-8-13(15)14-9-6-7-11-16(14)17;1-2/h3-7,9-12,17H,1-2H3;1-2H3. The first-order chi connectivity index (χ1) is 9.77. The molecule has 1 aromatic rings. The lowest BCUT2D eigenvalue weighted by Gasteiger charge is -2.17. The van der Waals surface area contributed by atoms with Crippen LogP contribution in [-0.4, -0.2) is 6.10 Å². The topological polar surface area (TPSA) is 9.23 Å². The number of hydrogen-bond donors (Lipinski definition) is 0. The highest BCUT2D eigenvalue weighted by atomic mass is 16.5. The molecular weight excluding hydrogens is 244 g/mol. The molecule has 1 nitrogen and oxygen atoms in total. The number of hydrogen-bond acceptors (Lipinski definition) is 1. The molecule has 0 aromatic heterocycles. The molecule has 0 saturated carbocycles. The van der Waals surface area contributed by atoms with Crippen LogP contribution in [0.1, 0.15) is 44.9 Å². The summed E-state index contributed by atoms with van der Waals surface area (Å²) in [5.41, 5.74) is 8.24. The van der Waals surface area contributed by atoms with Crippen molar-refractivity contribution in [3.05, 3.63) is 71.0 Å². The Hall–Kier alpha value is -1.82. The Balaban J connectivity index is 0.000000704. The number of allylic oxidation sites excluding steroid dienone is 3. The second-order valence-electron chi connectivity index (χ2n) is 4.85. The van der Waals surface area contributed by atoms with Crippen molar-refractivity contribution in [1.82, 2.24) is 0 Å². The summed E-state index contributed by atoms with van der Waals surface area (Å²) in [6.45, 7) is 8.15. The first kappa shape index (κ1) is 14.6. The molecule has 1 atom stereocenters. The van der Waals surface area contributed by atoms with Crippen molar-refractivity contribution in [3.63, 3.8) is 0 Å². The molecule has 2 aliphatic carbocycles. The smallest absolute Gasteiger partial charge is 0.110 e. The quantitative estimate of drug-likeness (QED) is 0.666. The highest BCUT2D eigenvalue weighted by Gasteiger charge is 2.32. The monoisotopic (exact) mass is 266 g/mol. The summed E-state index contributed by atoms with van der Waals surface area (Å²) in [6.07, 6.45) is 8.41. The Bertz CT molecular complexity index is 596. The van der Waals surface area contributed by atoms with Gasteiger partial charge in [-0.15, -0.1) is 5.73 Å². The molecule has 0 radical (unpaired) electrons. The third-order valence-electron chi connectivity index (χ3n) is 3.20. The van der Waals surface area contributed by atoms with Crippen molar-refractivity contribution in [2.45, 2.75) is 39.9 Å². The number of rotatable bonds is 2. The average Bonchev–Trinajstić information content (AvgIpc) is 2.64. The Labute approximate surface area is 122 Å². The van der Waals surface area contributed by atoms with E-state index < -0.39 is 0 Å². The van der Waals surface area contributed by atoms with Crippen molar-refractivity contribution in [2.75, 3.05) is 0 Å². The van der Waals surface area contributed by atoms with Gasteiger partial charge in [0.2, 0.25) is 0 Å². The maximum Gasteiger partial charge on any atom is 0.110 e. The van der Waals surface area contributed by atoms with E-state index in [1.807, 2.05) is 26.0 Å². The van der Waals surface area contributed by atoms with Crippen molar-refractivity contribution in [3.8, 4) is 0 Å². The first-order valence-corrected chi connectivity index (χ1v) is 7.36. The van der Waals surface area contributed by atoms with Crippen molar-refractivity contribution >= 4 is 5.57 Å². The summed E-state index contributed by atoms with van der Waals surface area (Å²) < 4.78 is 6.09. The van der Waals surface area contributed by atoms with Crippen LogP contribution in [0.3, 0.4) is 0 Å². The van der Waals surface area contributed by atoms with Crippen LogP contribution in [0.25, 0.3) is 5.57 Å². The van der Waals surface area contributed by atoms with Crippen LogP contribution in [-0.2, 0) is 4.74 Å². The summed E-state index contributed by atoms with van der Waals surface area (Å²) in [7, 11) is 0. The van der Waals surface area contributed by atoms with Gasteiger partial charge in [-0.3, -0.25) is 0 Å². The number of benzene rings is 1. The van der Waals surface area contributed by atoms with Gasteiger partial charge in [0.1, 0.15) is 6.10 Å². The van der Waals surface area contributed by atoms with Gasteiger partial charge < -0.3 is 4.74 Å². The maximum atomic E-state index is 6.09. The Kier molecular flexibility index (Phi) is 4.79. The van der Waals surface area contributed by atoms with E-state index in [0.29, 0.717) is 0 Å². The van der Waals surface area contributed by atoms with Gasteiger partial charge in [0, 0.05) is 11.1 Å². The van der Waals surface area contributed by atoms with Crippen LogP contribution < -0.4 is 0 Å². The minimum absolute atomic E-state index is 0.0415. The summed E-state index contributed by atoms with van der Waals surface area (Å²) in [6, 6.07) is 8.44. The van der Waals surface area contributed by atoms with Crippen LogP contribution in [0.5, 0.6) is 0 Å². The first-order valence-electron chi connectivity index (χ1n) is 7.36. The van der Waals surface area contributed by atoms with Gasteiger partial charge in [-0.2, -0.15) is 0 Å². The molecular formula is C19H22O. The Morgan fingerprint density at radius 1 is 1.10 bits per heavy atom. The maximum absolute atomic E-state index is 6.09. The van der Waals surface area contributed by atoms with E-state index in [9.17, 15) is 0 Å². The van der Waals surface area contributed by atoms with E-state index in [1.165, 1.54) is 22.3 Å². The molecule has 0 aliphatic heterocycles. The third-order valence-corrected chi connectivity index (χ3v) is 3.20. The third kappa shape index (κ3) is 2.70. The average molecular weight is 266 g/mol. The van der Waals surface area contributed by atoms with Crippen LogP contribution in [0, 0.1) is 0 Å². The lowest BCUT2D eigenvalue weighted by atomic mass is 10.1. The second-order valence-corrected chi connectivity index (χ2v) is 4.85. The lowest BCUT2D eigenvalue weighted by Crippen LogP contribution is -2.09. The summed E-state index contributed by atoms with van der Waals surface area (Å²) >= 11 is 0. The van der Waals surface area contributed by atoms with Crippen LogP contribution in [0.4, 0.5) is 0 Å². The van der Waals surface area contributed by atoms with E-state index >= 15 is 0 Å². The van der Waals surface area contributed by atoms with E-state index in [1.54, 1.807) is 0 Å². The zero-order valence-corrected chi connectivity index (χ0v) is 12.7. The normalized spacial score (nSPS) is 18.6. The van der Waals surface area contributed by atoms with Gasteiger partial charge in [0.25, 0.3) is 0 Å². The predicted molar refractivity (Wildman–Crippen MR) is 85.5 cm³/mol. The van der Waals surface area contributed by atoms with Crippen molar-refractivity contribution in [2.24, 2.45) is 0 Å². The van der Waals surface area contributed by atoms with E-state index in [-0.39, 0.29) is 12.2 Å². The molecule has 0 spiro atoms. The van der Waals surface area contributed by atoms with Crippen molar-refractivity contribution in [1.29, 1.82) is 0 Å². The molecule has 1 unspecified atom stereocenters. The Morgan fingerprint density at radius 3 is 2.60 bits per heavy atom. The Morgan fingerprint density at radius 2 is 1.85 bits per heavy atom. The molecule has 20 heavy (non-hydrogen) atoms. The predicted octanol–water partition coefficient (Wildman–Crippen LogP) is 5.23. The minimum atomic E-state index is 0.0415. The van der Waals surface area contributed by atoms with Crippen molar-refractivity contribution < 1.29 is 4.74 Å². The fourth-order valence-electron chi connectivity index (χ4n) is 2.50. The molecule has 2 aliphatic rings. The molecule has 1 heteroatoms. The summed E-state index contributed by atoms with van der Waals surface area (Å²) in [4.78, 5) is 0. The molecule has 0 heterocycles. The minimum Gasteiger partial charge on any atom is -0.366 e. The SMILES string of the molecule is CC.CC(C)OC1C2=CC=CC=C=C2c2ccccc21. The van der Waals surface area contributed by atoms with Gasteiger partial charge in [0.15, 0.2) is 0 Å². The summed E-state index contributed by atoms with van der Waals surface area (Å²) in [5, 5.41) is 0. The van der Waals surface area contributed by atoms with Gasteiger partial charge in [0.05, 0.1) is 6.10 Å². The summed E-state index contributed by atoms with van der Waals surface area (Å²) in [5.74, 6) is 0. The lowest BCUT2D eigenvalue weighted by molar-refractivity contribution is 0.0328. The molecule has 0 fully saturated rings. The van der Waals surface area contributed by atoms with Gasteiger partial charge in [-0.1, -0.05) is 56.3 Å². The van der Waals surface area contributed by atoms with Crippen LogP contribution in [0.15, 0.2) is 59.9 Å². The molecule has 104 valence electrons. The molecule has 0 N–H and O–H groups in total. The fraction of sp³-hybridized carbons (Fsp3) is 0.316. The number of fused-ring (bicyclic) bond motifs is 3. The highest BCUT2D eigenvalue weighted by molar-refractivity contribution is 5.87. The van der Waals surface area contributed by atoms with Gasteiger partial charge >= 0.3 is 0 Å². The zero-order chi connectivity index (χ0) is 14.5. The zero-order valence-electron chi connectivity index (χ0n) is 12.7. The number of ether oxygens (including phenoxy) is 1. The molecule has 1 aromatic carbocycles. The van der Waals surface area contributed by atoms with E-state index in [0.717, 1.165) is 0 Å². The van der Waals surface area contributed by atoms with E-state index in [2.05, 4.69) is 56.0 Å². The van der Waals surface area contributed by atoms with E-state index in [4.69, 9.17) is 4.74 Å². The fourth-order valence-corrected chi connectivity index (χ4v) is 2.50.